The Bertz CT molecular complexity index is 1190. The third-order valence-corrected chi connectivity index (χ3v) is 4.83. The van der Waals surface area contributed by atoms with E-state index in [0.29, 0.717) is 12.2 Å². The van der Waals surface area contributed by atoms with E-state index in [-0.39, 0.29) is 6.61 Å². The first-order chi connectivity index (χ1) is 15.2. The lowest BCUT2D eigenvalue weighted by molar-refractivity contribution is 0.181. The maximum absolute atomic E-state index is 11.3. The van der Waals surface area contributed by atoms with E-state index in [2.05, 4.69) is 20.3 Å². The molecule has 3 heterocycles. The van der Waals surface area contributed by atoms with Gasteiger partial charge in [0.1, 0.15) is 12.4 Å². The van der Waals surface area contributed by atoms with Gasteiger partial charge in [-0.1, -0.05) is 30.4 Å². The highest BCUT2D eigenvalue weighted by molar-refractivity contribution is 5.83. The topological polar surface area (TPSA) is 100 Å². The van der Waals surface area contributed by atoms with Gasteiger partial charge in [-0.2, -0.15) is 0 Å². The Kier molecular flexibility index (Phi) is 6.23. The van der Waals surface area contributed by atoms with Crippen molar-refractivity contribution in [3.8, 4) is 5.75 Å². The molecule has 0 saturated heterocycles. The van der Waals surface area contributed by atoms with Crippen LogP contribution in [0.25, 0.3) is 23.1 Å². The molecule has 0 aliphatic heterocycles. The number of carbonyl (C=O) groups is 1. The largest absolute Gasteiger partial charge is 0.490 e. The number of fused-ring (bicyclic) bond motifs is 1. The molecular formula is C24H22N4O3. The molecule has 4 rings (SSSR count). The summed E-state index contributed by atoms with van der Waals surface area (Å²) in [6, 6.07) is 13.2. The van der Waals surface area contributed by atoms with E-state index < -0.39 is 12.1 Å². The fourth-order valence-corrected chi connectivity index (χ4v) is 3.36. The van der Waals surface area contributed by atoms with Crippen LogP contribution in [0.3, 0.4) is 0 Å². The van der Waals surface area contributed by atoms with Gasteiger partial charge < -0.3 is 20.1 Å². The Morgan fingerprint density at radius 2 is 1.90 bits per heavy atom. The molecule has 3 N–H and O–H groups in total. The van der Waals surface area contributed by atoms with Gasteiger partial charge in [-0.25, -0.2) is 4.79 Å². The van der Waals surface area contributed by atoms with Crippen molar-refractivity contribution in [1.82, 2.24) is 20.3 Å². The van der Waals surface area contributed by atoms with Crippen molar-refractivity contribution in [1.29, 1.82) is 0 Å². The zero-order chi connectivity index (χ0) is 21.5. The monoisotopic (exact) mass is 414 g/mol. The van der Waals surface area contributed by atoms with E-state index in [0.717, 1.165) is 27.6 Å². The molecule has 0 aliphatic carbocycles. The molecule has 1 aromatic carbocycles. The quantitative estimate of drug-likeness (QED) is 0.397. The minimum atomic E-state index is -1.08. The number of para-hydroxylation sites is 1. The van der Waals surface area contributed by atoms with Crippen molar-refractivity contribution in [2.45, 2.75) is 12.5 Å². The molecule has 0 saturated carbocycles. The first-order valence-electron chi connectivity index (χ1n) is 9.88. The second kappa shape index (κ2) is 9.58. The Balaban J connectivity index is 1.43. The van der Waals surface area contributed by atoms with Gasteiger partial charge in [0, 0.05) is 35.7 Å². The zero-order valence-electron chi connectivity index (χ0n) is 16.7. The van der Waals surface area contributed by atoms with E-state index in [1.54, 1.807) is 24.8 Å². The number of aromatic nitrogens is 3. The molecule has 0 aliphatic rings. The molecule has 7 heteroatoms. The SMILES string of the molecule is O=C(O)N[C@H](COc1cncc(/C=C/c2ccncc2)c1)Cc1c[nH]c2ccccc12. The lowest BCUT2D eigenvalue weighted by Gasteiger charge is -2.17. The summed E-state index contributed by atoms with van der Waals surface area (Å²) in [6.07, 6.45) is 12.1. The van der Waals surface area contributed by atoms with Crippen molar-refractivity contribution in [3.63, 3.8) is 0 Å². The molecule has 156 valence electrons. The molecule has 0 bridgehead atoms. The second-order valence-corrected chi connectivity index (χ2v) is 7.09. The van der Waals surface area contributed by atoms with Gasteiger partial charge in [0.2, 0.25) is 0 Å². The molecule has 3 aromatic heterocycles. The first-order valence-corrected chi connectivity index (χ1v) is 9.88. The Labute approximate surface area is 179 Å². The van der Waals surface area contributed by atoms with Gasteiger partial charge in [-0.05, 0) is 47.4 Å². The molecule has 1 atom stereocenters. The molecule has 31 heavy (non-hydrogen) atoms. The highest BCUT2D eigenvalue weighted by Crippen LogP contribution is 2.20. The number of H-pyrrole nitrogens is 1. The van der Waals surface area contributed by atoms with Crippen molar-refractivity contribution in [2.24, 2.45) is 0 Å². The molecule has 1 amide bonds. The number of ether oxygens (including phenoxy) is 1. The summed E-state index contributed by atoms with van der Waals surface area (Å²) in [5, 5.41) is 12.9. The van der Waals surface area contributed by atoms with Crippen LogP contribution < -0.4 is 10.1 Å². The minimum absolute atomic E-state index is 0.186. The predicted octanol–water partition coefficient (Wildman–Crippen LogP) is 4.39. The molecule has 0 fully saturated rings. The van der Waals surface area contributed by atoms with E-state index in [4.69, 9.17) is 4.74 Å². The third kappa shape index (κ3) is 5.48. The van der Waals surface area contributed by atoms with E-state index in [1.165, 1.54) is 0 Å². The molecule has 0 unspecified atom stereocenters. The summed E-state index contributed by atoms with van der Waals surface area (Å²) in [5.74, 6) is 0.577. The van der Waals surface area contributed by atoms with Gasteiger partial charge >= 0.3 is 6.09 Å². The number of aromatic amines is 1. The number of benzene rings is 1. The minimum Gasteiger partial charge on any atom is -0.490 e. The second-order valence-electron chi connectivity index (χ2n) is 7.09. The van der Waals surface area contributed by atoms with Gasteiger partial charge in [0.15, 0.2) is 0 Å². The number of hydrogen-bond acceptors (Lipinski definition) is 4. The highest BCUT2D eigenvalue weighted by Gasteiger charge is 2.16. The van der Waals surface area contributed by atoms with Crippen LogP contribution in [0.1, 0.15) is 16.7 Å². The van der Waals surface area contributed by atoms with Gasteiger partial charge in [0.25, 0.3) is 0 Å². The van der Waals surface area contributed by atoms with Crippen LogP contribution in [0.2, 0.25) is 0 Å². The smallest absolute Gasteiger partial charge is 0.405 e. The number of rotatable bonds is 8. The lowest BCUT2D eigenvalue weighted by Crippen LogP contribution is -2.39. The maximum atomic E-state index is 11.3. The molecule has 0 radical (unpaired) electrons. The number of pyridine rings is 2. The van der Waals surface area contributed by atoms with E-state index in [9.17, 15) is 9.90 Å². The summed E-state index contributed by atoms with van der Waals surface area (Å²) >= 11 is 0. The zero-order valence-corrected chi connectivity index (χ0v) is 16.7. The number of carboxylic acid groups (broad SMARTS) is 1. The van der Waals surface area contributed by atoms with Gasteiger partial charge in [0.05, 0.1) is 12.2 Å². The van der Waals surface area contributed by atoms with Crippen LogP contribution >= 0.6 is 0 Å². The number of hydrogen-bond donors (Lipinski definition) is 3. The van der Waals surface area contributed by atoms with Crippen LogP contribution in [0.5, 0.6) is 5.75 Å². The average Bonchev–Trinajstić information content (AvgIpc) is 3.20. The fourth-order valence-electron chi connectivity index (χ4n) is 3.36. The standard InChI is InChI=1S/C24H22N4O3/c29-24(30)28-20(12-19-14-27-23-4-2-1-3-22(19)23)16-31-21-11-18(13-26-15-21)6-5-17-7-9-25-10-8-17/h1-11,13-15,20,27-28H,12,16H2,(H,29,30)/b6-5+/t20-/m0/s1. The summed E-state index contributed by atoms with van der Waals surface area (Å²) in [4.78, 5) is 22.7. The third-order valence-electron chi connectivity index (χ3n) is 4.83. The molecule has 0 spiro atoms. The van der Waals surface area contributed by atoms with E-state index in [1.807, 2.05) is 60.8 Å². The summed E-state index contributed by atoms with van der Waals surface area (Å²) in [7, 11) is 0. The average molecular weight is 414 g/mol. The van der Waals surface area contributed by atoms with Gasteiger partial charge in [-0.3, -0.25) is 9.97 Å². The Morgan fingerprint density at radius 1 is 1.10 bits per heavy atom. The molecule has 4 aromatic rings. The number of nitrogens with one attached hydrogen (secondary N) is 2. The summed E-state index contributed by atoms with van der Waals surface area (Å²) < 4.78 is 5.88. The van der Waals surface area contributed by atoms with E-state index >= 15 is 0 Å². The lowest BCUT2D eigenvalue weighted by atomic mass is 10.1. The van der Waals surface area contributed by atoms with Crippen LogP contribution in [0.4, 0.5) is 4.79 Å². The van der Waals surface area contributed by atoms with Crippen molar-refractivity contribution in [2.75, 3.05) is 6.61 Å². The maximum Gasteiger partial charge on any atom is 0.405 e. The predicted molar refractivity (Wildman–Crippen MR) is 120 cm³/mol. The van der Waals surface area contributed by atoms with Gasteiger partial charge in [-0.15, -0.1) is 0 Å². The fraction of sp³-hybridized carbons (Fsp3) is 0.125. The first kappa shape index (κ1) is 20.2. The number of nitrogens with zero attached hydrogens (tertiary/aromatic N) is 2. The van der Waals surface area contributed by atoms with Crippen LogP contribution in [0, 0.1) is 0 Å². The Hall–Kier alpha value is -4.13. The molecule has 7 nitrogen and oxygen atoms in total. The van der Waals surface area contributed by atoms with Crippen LogP contribution in [-0.2, 0) is 6.42 Å². The van der Waals surface area contributed by atoms with Crippen LogP contribution in [0.15, 0.2) is 73.4 Å². The van der Waals surface area contributed by atoms with Crippen molar-refractivity contribution < 1.29 is 14.6 Å². The van der Waals surface area contributed by atoms with Crippen LogP contribution in [-0.4, -0.2) is 38.8 Å². The number of amides is 1. The summed E-state index contributed by atoms with van der Waals surface area (Å²) in [6.45, 7) is 0.186. The summed E-state index contributed by atoms with van der Waals surface area (Å²) in [5.41, 5.74) is 3.97. The highest BCUT2D eigenvalue weighted by atomic mass is 16.5. The van der Waals surface area contributed by atoms with Crippen molar-refractivity contribution in [3.05, 3.63) is 90.1 Å². The normalized spacial score (nSPS) is 12.1. The molecular weight excluding hydrogens is 392 g/mol. The van der Waals surface area contributed by atoms with Crippen molar-refractivity contribution >= 4 is 29.1 Å². The Morgan fingerprint density at radius 3 is 2.74 bits per heavy atom.